The van der Waals surface area contributed by atoms with Gasteiger partial charge in [0, 0.05) is 12.3 Å². The predicted octanol–water partition coefficient (Wildman–Crippen LogP) is 2.81. The molecule has 1 aliphatic heterocycles. The van der Waals surface area contributed by atoms with Crippen molar-refractivity contribution in [1.82, 2.24) is 0 Å². The van der Waals surface area contributed by atoms with Gasteiger partial charge in [-0.15, -0.1) is 0 Å². The van der Waals surface area contributed by atoms with E-state index in [1.165, 1.54) is 19.3 Å². The van der Waals surface area contributed by atoms with Crippen molar-refractivity contribution in [2.45, 2.75) is 58.7 Å². The number of ether oxygens (including phenoxy) is 1. The lowest BCUT2D eigenvalue weighted by Crippen LogP contribution is -2.29. The number of carbonyl (C=O) groups is 1. The Morgan fingerprint density at radius 1 is 1.20 bits per heavy atom. The van der Waals surface area contributed by atoms with Gasteiger partial charge in [-0.1, -0.05) is 26.2 Å². The van der Waals surface area contributed by atoms with Gasteiger partial charge in [0.2, 0.25) is 0 Å². The molecule has 86 valence electrons. The molecule has 15 heavy (non-hydrogen) atoms. The Morgan fingerprint density at radius 2 is 1.87 bits per heavy atom. The number of carbonyl (C=O) groups excluding carboxylic acids is 1. The SMILES string of the molecule is CC1OC(C)C(C(=O)CC2CCC2)C1C. The smallest absolute Gasteiger partial charge is 0.139 e. The van der Waals surface area contributed by atoms with E-state index < -0.39 is 0 Å². The number of rotatable bonds is 3. The van der Waals surface area contributed by atoms with E-state index in [1.807, 2.05) is 6.92 Å². The van der Waals surface area contributed by atoms with Gasteiger partial charge >= 0.3 is 0 Å². The van der Waals surface area contributed by atoms with E-state index in [9.17, 15) is 4.79 Å². The highest BCUT2D eigenvalue weighted by atomic mass is 16.5. The van der Waals surface area contributed by atoms with Crippen molar-refractivity contribution < 1.29 is 9.53 Å². The third kappa shape index (κ3) is 2.10. The van der Waals surface area contributed by atoms with Gasteiger partial charge in [0.15, 0.2) is 0 Å². The van der Waals surface area contributed by atoms with Gasteiger partial charge in [-0.3, -0.25) is 4.79 Å². The summed E-state index contributed by atoms with van der Waals surface area (Å²) < 4.78 is 5.72. The Labute approximate surface area is 92.4 Å². The number of hydrogen-bond donors (Lipinski definition) is 0. The number of hydrogen-bond acceptors (Lipinski definition) is 2. The summed E-state index contributed by atoms with van der Waals surface area (Å²) in [7, 11) is 0. The second kappa shape index (κ2) is 4.25. The van der Waals surface area contributed by atoms with Crippen LogP contribution < -0.4 is 0 Å². The molecule has 2 rings (SSSR count). The maximum atomic E-state index is 12.1. The Kier molecular flexibility index (Phi) is 3.15. The summed E-state index contributed by atoms with van der Waals surface area (Å²) in [4.78, 5) is 12.1. The normalized spacial score (nSPS) is 41.5. The van der Waals surface area contributed by atoms with Gasteiger partial charge in [0.1, 0.15) is 5.78 Å². The molecule has 1 heterocycles. The monoisotopic (exact) mass is 210 g/mol. The van der Waals surface area contributed by atoms with Crippen molar-refractivity contribution >= 4 is 5.78 Å². The van der Waals surface area contributed by atoms with Crippen molar-refractivity contribution in [2.75, 3.05) is 0 Å². The average molecular weight is 210 g/mol. The number of Topliss-reactive ketones (excluding diaryl/α,β-unsaturated/α-hetero) is 1. The molecule has 4 unspecified atom stereocenters. The van der Waals surface area contributed by atoms with Crippen LogP contribution in [0.5, 0.6) is 0 Å². The lowest BCUT2D eigenvalue weighted by atomic mass is 9.76. The molecule has 1 aliphatic carbocycles. The third-order valence-electron chi connectivity index (χ3n) is 4.33. The predicted molar refractivity (Wildman–Crippen MR) is 59.6 cm³/mol. The van der Waals surface area contributed by atoms with Gasteiger partial charge < -0.3 is 4.74 Å². The van der Waals surface area contributed by atoms with Crippen molar-refractivity contribution in [1.29, 1.82) is 0 Å². The summed E-state index contributed by atoms with van der Waals surface area (Å²) in [6.45, 7) is 6.28. The molecular weight excluding hydrogens is 188 g/mol. The summed E-state index contributed by atoms with van der Waals surface area (Å²) in [5.41, 5.74) is 0. The summed E-state index contributed by atoms with van der Waals surface area (Å²) in [5.74, 6) is 1.69. The molecule has 1 saturated carbocycles. The van der Waals surface area contributed by atoms with Crippen LogP contribution in [-0.4, -0.2) is 18.0 Å². The van der Waals surface area contributed by atoms with Crippen LogP contribution >= 0.6 is 0 Å². The minimum atomic E-state index is 0.127. The van der Waals surface area contributed by atoms with Crippen LogP contribution in [0.4, 0.5) is 0 Å². The molecule has 0 N–H and O–H groups in total. The van der Waals surface area contributed by atoms with E-state index in [0.29, 0.717) is 17.6 Å². The van der Waals surface area contributed by atoms with Crippen molar-refractivity contribution in [3.8, 4) is 0 Å². The highest BCUT2D eigenvalue weighted by Gasteiger charge is 2.41. The maximum Gasteiger partial charge on any atom is 0.139 e. The largest absolute Gasteiger partial charge is 0.375 e. The second-order valence-electron chi connectivity index (χ2n) is 5.40. The Morgan fingerprint density at radius 3 is 2.27 bits per heavy atom. The van der Waals surface area contributed by atoms with Crippen molar-refractivity contribution in [3.05, 3.63) is 0 Å². The molecule has 0 bridgehead atoms. The Hall–Kier alpha value is -0.370. The van der Waals surface area contributed by atoms with E-state index in [-0.39, 0.29) is 18.1 Å². The zero-order chi connectivity index (χ0) is 11.0. The van der Waals surface area contributed by atoms with Crippen molar-refractivity contribution in [3.63, 3.8) is 0 Å². The van der Waals surface area contributed by atoms with E-state index in [0.717, 1.165) is 6.42 Å². The minimum Gasteiger partial charge on any atom is -0.375 e. The minimum absolute atomic E-state index is 0.127. The highest BCUT2D eigenvalue weighted by molar-refractivity contribution is 5.82. The Balaban J connectivity index is 1.93. The first-order valence-corrected chi connectivity index (χ1v) is 6.27. The summed E-state index contributed by atoms with van der Waals surface area (Å²) in [5, 5.41) is 0. The molecule has 2 fully saturated rings. The van der Waals surface area contributed by atoms with Gasteiger partial charge in [0.25, 0.3) is 0 Å². The first-order chi connectivity index (χ1) is 7.09. The lowest BCUT2D eigenvalue weighted by Gasteiger charge is -2.27. The fraction of sp³-hybridized carbons (Fsp3) is 0.923. The molecule has 0 aromatic heterocycles. The van der Waals surface area contributed by atoms with Crippen LogP contribution in [0, 0.1) is 17.8 Å². The Bertz CT molecular complexity index is 245. The molecule has 2 nitrogen and oxygen atoms in total. The molecule has 2 aliphatic rings. The van der Waals surface area contributed by atoms with Gasteiger partial charge in [-0.25, -0.2) is 0 Å². The molecular formula is C13H22O2. The van der Waals surface area contributed by atoms with Crippen LogP contribution in [0.15, 0.2) is 0 Å². The maximum absolute atomic E-state index is 12.1. The van der Waals surface area contributed by atoms with Crippen molar-refractivity contribution in [2.24, 2.45) is 17.8 Å². The average Bonchev–Trinajstić information content (AvgIpc) is 2.34. The zero-order valence-electron chi connectivity index (χ0n) is 10.0. The van der Waals surface area contributed by atoms with Gasteiger partial charge in [-0.05, 0) is 25.7 Å². The standard InChI is InChI=1S/C13H22O2/c1-8-9(2)15-10(3)13(8)12(14)7-11-5-4-6-11/h8-11,13H,4-7H2,1-3H3. The summed E-state index contributed by atoms with van der Waals surface area (Å²) >= 11 is 0. The molecule has 2 heteroatoms. The summed E-state index contributed by atoms with van der Waals surface area (Å²) in [6, 6.07) is 0. The number of ketones is 1. The zero-order valence-corrected chi connectivity index (χ0v) is 10.0. The molecule has 0 amide bonds. The fourth-order valence-corrected chi connectivity index (χ4v) is 2.94. The van der Waals surface area contributed by atoms with Crippen LogP contribution in [-0.2, 0) is 9.53 Å². The van der Waals surface area contributed by atoms with Crippen LogP contribution in [0.2, 0.25) is 0 Å². The summed E-state index contributed by atoms with van der Waals surface area (Å²) in [6.07, 6.45) is 5.02. The van der Waals surface area contributed by atoms with E-state index in [4.69, 9.17) is 4.74 Å². The fourth-order valence-electron chi connectivity index (χ4n) is 2.94. The van der Waals surface area contributed by atoms with E-state index in [2.05, 4.69) is 13.8 Å². The first-order valence-electron chi connectivity index (χ1n) is 6.27. The van der Waals surface area contributed by atoms with E-state index in [1.54, 1.807) is 0 Å². The van der Waals surface area contributed by atoms with Gasteiger partial charge in [0.05, 0.1) is 12.2 Å². The first kappa shape index (κ1) is 11.1. The molecule has 4 atom stereocenters. The lowest BCUT2D eigenvalue weighted by molar-refractivity contribution is -0.126. The van der Waals surface area contributed by atoms with Crippen LogP contribution in [0.1, 0.15) is 46.5 Å². The third-order valence-corrected chi connectivity index (χ3v) is 4.33. The van der Waals surface area contributed by atoms with Crippen LogP contribution in [0.25, 0.3) is 0 Å². The molecule has 0 spiro atoms. The second-order valence-corrected chi connectivity index (χ2v) is 5.40. The van der Waals surface area contributed by atoms with E-state index >= 15 is 0 Å². The molecule has 0 radical (unpaired) electrons. The topological polar surface area (TPSA) is 26.3 Å². The quantitative estimate of drug-likeness (QED) is 0.716. The van der Waals surface area contributed by atoms with Crippen LogP contribution in [0.3, 0.4) is 0 Å². The van der Waals surface area contributed by atoms with Gasteiger partial charge in [-0.2, -0.15) is 0 Å². The molecule has 1 saturated heterocycles. The molecule has 0 aromatic rings. The molecule has 0 aromatic carbocycles. The highest BCUT2D eigenvalue weighted by Crippen LogP contribution is 2.37.